The lowest BCUT2D eigenvalue weighted by molar-refractivity contribution is 0.0947. The average Bonchev–Trinajstić information content (AvgIpc) is 2.72. The normalized spacial score (nSPS) is 16.9. The number of aromatic nitrogens is 2. The number of carbonyl (C=O) groups is 1. The number of piperidine rings is 1. The van der Waals surface area contributed by atoms with Crippen molar-refractivity contribution in [3.8, 4) is 0 Å². The maximum absolute atomic E-state index is 12.8. The summed E-state index contributed by atoms with van der Waals surface area (Å²) in [5.41, 5.74) is 2.64. The van der Waals surface area contributed by atoms with Crippen molar-refractivity contribution in [2.45, 2.75) is 45.7 Å². The Labute approximate surface area is 165 Å². The quantitative estimate of drug-likeness (QED) is 0.742. The molecule has 0 saturated carbocycles. The Morgan fingerprint density at radius 1 is 1.11 bits per heavy atom. The highest BCUT2D eigenvalue weighted by Gasteiger charge is 2.24. The van der Waals surface area contributed by atoms with Gasteiger partial charge in [0.1, 0.15) is 0 Å². The summed E-state index contributed by atoms with van der Waals surface area (Å²) in [7, 11) is 0. The first-order valence-electron chi connectivity index (χ1n) is 9.99. The second kappa shape index (κ2) is 7.97. The largest absolute Gasteiger partial charge is 0.352 e. The minimum atomic E-state index is -0.191. The fourth-order valence-electron chi connectivity index (χ4n) is 3.97. The van der Waals surface area contributed by atoms with Crippen LogP contribution in [0.5, 0.6) is 0 Å². The monoisotopic (exact) mass is 374 g/mol. The molecule has 2 aromatic carbocycles. The molecule has 0 unspecified atom stereocenters. The van der Waals surface area contributed by atoms with E-state index in [4.69, 9.17) is 0 Å². The van der Waals surface area contributed by atoms with Crippen LogP contribution in [0.1, 0.15) is 47.8 Å². The van der Waals surface area contributed by atoms with Crippen LogP contribution >= 0.6 is 0 Å². The van der Waals surface area contributed by atoms with Crippen LogP contribution in [0.2, 0.25) is 0 Å². The second-order valence-corrected chi connectivity index (χ2v) is 7.63. The molecule has 4 rings (SSSR count). The summed E-state index contributed by atoms with van der Waals surface area (Å²) in [6.45, 7) is 5.74. The first-order chi connectivity index (χ1) is 13.6. The second-order valence-electron chi connectivity index (χ2n) is 7.63. The zero-order chi connectivity index (χ0) is 19.5. The van der Waals surface area contributed by atoms with Gasteiger partial charge in [0.15, 0.2) is 11.5 Å². The van der Waals surface area contributed by atoms with E-state index in [0.29, 0.717) is 18.3 Å². The molecule has 28 heavy (non-hydrogen) atoms. The summed E-state index contributed by atoms with van der Waals surface area (Å²) in [6, 6.07) is 16.5. The Morgan fingerprint density at radius 2 is 1.93 bits per heavy atom. The predicted molar refractivity (Wildman–Crippen MR) is 113 cm³/mol. The van der Waals surface area contributed by atoms with E-state index >= 15 is 0 Å². The van der Waals surface area contributed by atoms with Crippen LogP contribution in [0.25, 0.3) is 10.8 Å². The van der Waals surface area contributed by atoms with E-state index < -0.39 is 0 Å². The van der Waals surface area contributed by atoms with Gasteiger partial charge in [-0.15, -0.1) is 10.2 Å². The maximum Gasteiger partial charge on any atom is 0.272 e. The zero-order valence-corrected chi connectivity index (χ0v) is 16.5. The molecule has 1 saturated heterocycles. The molecule has 1 fully saturated rings. The van der Waals surface area contributed by atoms with Gasteiger partial charge in [-0.2, -0.15) is 0 Å². The molecule has 1 N–H and O–H groups in total. The van der Waals surface area contributed by atoms with Crippen molar-refractivity contribution in [3.63, 3.8) is 0 Å². The average molecular weight is 374 g/mol. The molecule has 0 radical (unpaired) electrons. The van der Waals surface area contributed by atoms with Crippen molar-refractivity contribution < 1.29 is 4.79 Å². The van der Waals surface area contributed by atoms with Crippen molar-refractivity contribution in [3.05, 3.63) is 65.4 Å². The van der Waals surface area contributed by atoms with E-state index in [2.05, 4.69) is 33.4 Å². The number of nitrogens with zero attached hydrogens (tertiary/aromatic N) is 3. The van der Waals surface area contributed by atoms with Crippen molar-refractivity contribution in [2.24, 2.45) is 0 Å². The molecule has 0 aliphatic carbocycles. The Bertz CT molecular complexity index is 1000. The van der Waals surface area contributed by atoms with Gasteiger partial charge in [0.2, 0.25) is 0 Å². The van der Waals surface area contributed by atoms with Crippen LogP contribution in [0.15, 0.2) is 48.5 Å². The molecule has 1 aromatic heterocycles. The van der Waals surface area contributed by atoms with Crippen LogP contribution in [0.3, 0.4) is 0 Å². The maximum atomic E-state index is 12.8. The molecule has 0 spiro atoms. The molecule has 5 heteroatoms. The van der Waals surface area contributed by atoms with Gasteiger partial charge in [0, 0.05) is 29.9 Å². The molecule has 1 amide bonds. The van der Waals surface area contributed by atoms with Gasteiger partial charge in [-0.05, 0) is 38.7 Å². The van der Waals surface area contributed by atoms with Gasteiger partial charge in [-0.25, -0.2) is 0 Å². The molecule has 144 valence electrons. The lowest BCUT2D eigenvalue weighted by Gasteiger charge is -2.34. The lowest BCUT2D eigenvalue weighted by atomic mass is 10.0. The number of hydrogen-bond donors (Lipinski definition) is 1. The number of anilines is 1. The first kappa shape index (κ1) is 18.4. The Morgan fingerprint density at radius 3 is 2.71 bits per heavy atom. The van der Waals surface area contributed by atoms with Gasteiger partial charge in [0.25, 0.3) is 5.91 Å². The smallest absolute Gasteiger partial charge is 0.272 e. The summed E-state index contributed by atoms with van der Waals surface area (Å²) in [5, 5.41) is 13.7. The van der Waals surface area contributed by atoms with Gasteiger partial charge < -0.3 is 10.2 Å². The topological polar surface area (TPSA) is 58.1 Å². The molecule has 2 heterocycles. The molecule has 5 nitrogen and oxygen atoms in total. The van der Waals surface area contributed by atoms with E-state index in [-0.39, 0.29) is 5.91 Å². The van der Waals surface area contributed by atoms with Crippen molar-refractivity contribution >= 4 is 22.5 Å². The van der Waals surface area contributed by atoms with E-state index in [1.807, 2.05) is 49.4 Å². The number of amides is 1. The number of carbonyl (C=O) groups excluding carboxylic acids is 1. The number of hydrogen-bond acceptors (Lipinski definition) is 4. The van der Waals surface area contributed by atoms with Crippen molar-refractivity contribution in [2.75, 3.05) is 11.4 Å². The van der Waals surface area contributed by atoms with Crippen LogP contribution in [0, 0.1) is 6.92 Å². The Hall–Kier alpha value is -2.95. The lowest BCUT2D eigenvalue weighted by Crippen LogP contribution is -2.38. The van der Waals surface area contributed by atoms with Crippen LogP contribution < -0.4 is 10.2 Å². The zero-order valence-electron chi connectivity index (χ0n) is 16.5. The molecule has 1 atom stereocenters. The van der Waals surface area contributed by atoms with Crippen molar-refractivity contribution in [1.82, 2.24) is 15.5 Å². The highest BCUT2D eigenvalue weighted by atomic mass is 16.1. The predicted octanol–water partition coefficient (Wildman–Crippen LogP) is 4.25. The summed E-state index contributed by atoms with van der Waals surface area (Å²) in [5.74, 6) is 0.696. The minimum Gasteiger partial charge on any atom is -0.352 e. The molecule has 3 aromatic rings. The molecular formula is C23H26N4O. The third kappa shape index (κ3) is 3.70. The standard InChI is InChI=1S/C23H26N4O/c1-16-8-7-10-18(14-16)15-24-23(28)21-19-11-3-4-12-20(19)22(26-25-21)27-13-6-5-9-17(27)2/h3-4,7-8,10-12,14,17H,5-6,9,13,15H2,1-2H3,(H,24,28)/t17-/m0/s1. The minimum absolute atomic E-state index is 0.191. The van der Waals surface area contributed by atoms with Gasteiger partial charge in [-0.1, -0.05) is 54.1 Å². The fourth-order valence-corrected chi connectivity index (χ4v) is 3.97. The van der Waals surface area contributed by atoms with E-state index in [1.165, 1.54) is 18.4 Å². The summed E-state index contributed by atoms with van der Waals surface area (Å²) in [6.07, 6.45) is 3.58. The number of nitrogens with one attached hydrogen (secondary N) is 1. The third-order valence-corrected chi connectivity index (χ3v) is 5.49. The molecule has 0 bridgehead atoms. The first-order valence-corrected chi connectivity index (χ1v) is 9.99. The third-order valence-electron chi connectivity index (χ3n) is 5.49. The van der Waals surface area contributed by atoms with Gasteiger partial charge >= 0.3 is 0 Å². The molecular weight excluding hydrogens is 348 g/mol. The Kier molecular flexibility index (Phi) is 5.24. The SMILES string of the molecule is Cc1cccc(CNC(=O)c2nnc(N3CCCC[C@@H]3C)c3ccccc23)c1. The highest BCUT2D eigenvalue weighted by Crippen LogP contribution is 2.30. The van der Waals surface area contributed by atoms with Crippen molar-refractivity contribution in [1.29, 1.82) is 0 Å². The fraction of sp³-hybridized carbons (Fsp3) is 0.348. The van der Waals surface area contributed by atoms with E-state index in [1.54, 1.807) is 0 Å². The number of fused-ring (bicyclic) bond motifs is 1. The van der Waals surface area contributed by atoms with Crippen LogP contribution in [-0.2, 0) is 6.54 Å². The molecule has 1 aliphatic heterocycles. The number of rotatable bonds is 4. The summed E-state index contributed by atoms with van der Waals surface area (Å²) < 4.78 is 0. The van der Waals surface area contributed by atoms with E-state index in [0.717, 1.165) is 35.1 Å². The van der Waals surface area contributed by atoms with Gasteiger partial charge in [-0.3, -0.25) is 4.79 Å². The van der Waals surface area contributed by atoms with Gasteiger partial charge in [0.05, 0.1) is 0 Å². The van der Waals surface area contributed by atoms with Crippen LogP contribution in [-0.4, -0.2) is 28.7 Å². The van der Waals surface area contributed by atoms with E-state index in [9.17, 15) is 4.79 Å². The summed E-state index contributed by atoms with van der Waals surface area (Å²) >= 11 is 0. The number of benzene rings is 2. The highest BCUT2D eigenvalue weighted by molar-refractivity contribution is 6.07. The Balaban J connectivity index is 1.63. The number of aryl methyl sites for hydroxylation is 1. The molecule has 1 aliphatic rings. The van der Waals surface area contributed by atoms with Crippen LogP contribution in [0.4, 0.5) is 5.82 Å². The summed E-state index contributed by atoms with van der Waals surface area (Å²) in [4.78, 5) is 15.2.